The fourth-order valence-electron chi connectivity index (χ4n) is 4.13. The Morgan fingerprint density at radius 3 is 2.78 bits per heavy atom. The van der Waals surface area contributed by atoms with E-state index in [1.807, 2.05) is 11.8 Å². The minimum absolute atomic E-state index is 0.0168. The van der Waals surface area contributed by atoms with Crippen LogP contribution in [0.3, 0.4) is 0 Å². The predicted molar refractivity (Wildman–Crippen MR) is 87.0 cm³/mol. The average molecular weight is 323 g/mol. The second kappa shape index (κ2) is 7.62. The van der Waals surface area contributed by atoms with Crippen LogP contribution in [0.15, 0.2) is 0 Å². The molecule has 1 saturated carbocycles. The monoisotopic (exact) mass is 323 g/mol. The van der Waals surface area contributed by atoms with Gasteiger partial charge in [0, 0.05) is 38.1 Å². The standard InChI is InChI=1S/C17H29N3O3/c1-13(11-19-8-4-7-16(19)21)18-17(22)15-12-23-10-9-20(15)14-5-2-3-6-14/h13-15H,2-12H2,1H3,(H,18,22)/t13-,15-/m0/s1. The first-order valence-electron chi connectivity index (χ1n) is 9.07. The van der Waals surface area contributed by atoms with Crippen molar-refractivity contribution in [2.75, 3.05) is 32.8 Å². The predicted octanol–water partition coefficient (Wildman–Crippen LogP) is 0.757. The molecule has 2 heterocycles. The van der Waals surface area contributed by atoms with Crippen molar-refractivity contribution in [1.82, 2.24) is 15.1 Å². The highest BCUT2D eigenvalue weighted by Crippen LogP contribution is 2.26. The first-order valence-corrected chi connectivity index (χ1v) is 9.07. The van der Waals surface area contributed by atoms with E-state index in [2.05, 4.69) is 10.2 Å². The van der Waals surface area contributed by atoms with Gasteiger partial charge < -0.3 is 15.0 Å². The van der Waals surface area contributed by atoms with Crippen molar-refractivity contribution >= 4 is 11.8 Å². The van der Waals surface area contributed by atoms with Gasteiger partial charge in [0.05, 0.1) is 13.2 Å². The number of hydrogen-bond acceptors (Lipinski definition) is 4. The molecule has 2 amide bonds. The number of rotatable bonds is 5. The molecule has 23 heavy (non-hydrogen) atoms. The van der Waals surface area contributed by atoms with Gasteiger partial charge in [0.15, 0.2) is 0 Å². The Hall–Kier alpha value is -1.14. The second-order valence-corrected chi connectivity index (χ2v) is 7.12. The molecular formula is C17H29N3O3. The van der Waals surface area contributed by atoms with Crippen LogP contribution in [0.1, 0.15) is 45.4 Å². The summed E-state index contributed by atoms with van der Waals surface area (Å²) in [5.74, 6) is 0.260. The molecule has 0 spiro atoms. The molecule has 0 bridgehead atoms. The van der Waals surface area contributed by atoms with Gasteiger partial charge in [-0.1, -0.05) is 12.8 Å². The maximum atomic E-state index is 12.7. The maximum Gasteiger partial charge on any atom is 0.240 e. The van der Waals surface area contributed by atoms with Gasteiger partial charge in [0.1, 0.15) is 6.04 Å². The molecule has 2 saturated heterocycles. The largest absolute Gasteiger partial charge is 0.378 e. The van der Waals surface area contributed by atoms with Crippen LogP contribution >= 0.6 is 0 Å². The van der Waals surface area contributed by atoms with Gasteiger partial charge in [-0.3, -0.25) is 14.5 Å². The molecule has 1 N–H and O–H groups in total. The summed E-state index contributed by atoms with van der Waals surface area (Å²) in [6.45, 7) is 5.46. The molecular weight excluding hydrogens is 294 g/mol. The fraction of sp³-hybridized carbons (Fsp3) is 0.882. The van der Waals surface area contributed by atoms with Gasteiger partial charge in [-0.2, -0.15) is 0 Å². The lowest BCUT2D eigenvalue weighted by Gasteiger charge is -2.39. The van der Waals surface area contributed by atoms with E-state index in [0.717, 1.165) is 26.1 Å². The van der Waals surface area contributed by atoms with Crippen LogP contribution in [0.4, 0.5) is 0 Å². The Balaban J connectivity index is 1.53. The first kappa shape index (κ1) is 16.7. The topological polar surface area (TPSA) is 61.9 Å². The van der Waals surface area contributed by atoms with Gasteiger partial charge >= 0.3 is 0 Å². The molecule has 3 fully saturated rings. The molecule has 6 nitrogen and oxygen atoms in total. The number of nitrogens with one attached hydrogen (secondary N) is 1. The van der Waals surface area contributed by atoms with Gasteiger partial charge in [0.2, 0.25) is 11.8 Å². The molecule has 0 aromatic rings. The molecule has 130 valence electrons. The molecule has 1 aliphatic carbocycles. The summed E-state index contributed by atoms with van der Waals surface area (Å²) in [7, 11) is 0. The van der Waals surface area contributed by atoms with Gasteiger partial charge in [-0.05, 0) is 26.2 Å². The van der Waals surface area contributed by atoms with Crippen molar-refractivity contribution in [2.45, 2.75) is 63.6 Å². The van der Waals surface area contributed by atoms with E-state index in [4.69, 9.17) is 4.74 Å². The van der Waals surface area contributed by atoms with E-state index in [1.165, 1.54) is 25.7 Å². The number of hydrogen-bond donors (Lipinski definition) is 1. The zero-order valence-electron chi connectivity index (χ0n) is 14.1. The number of morpholine rings is 1. The number of amides is 2. The van der Waals surface area contributed by atoms with Crippen molar-refractivity contribution < 1.29 is 14.3 Å². The molecule has 0 radical (unpaired) electrons. The van der Waals surface area contributed by atoms with Crippen LogP contribution in [0.25, 0.3) is 0 Å². The molecule has 3 rings (SSSR count). The summed E-state index contributed by atoms with van der Waals surface area (Å²) in [6, 6.07) is 0.339. The SMILES string of the molecule is C[C@@H](CN1CCCC1=O)NC(=O)[C@@H]1COCCN1C1CCCC1. The molecule has 2 atom stereocenters. The van der Waals surface area contributed by atoms with Crippen molar-refractivity contribution in [3.05, 3.63) is 0 Å². The molecule has 0 unspecified atom stereocenters. The Kier molecular flexibility index (Phi) is 5.54. The van der Waals surface area contributed by atoms with E-state index < -0.39 is 0 Å². The lowest BCUT2D eigenvalue weighted by Crippen LogP contribution is -2.58. The Morgan fingerprint density at radius 1 is 1.30 bits per heavy atom. The highest BCUT2D eigenvalue weighted by molar-refractivity contribution is 5.82. The van der Waals surface area contributed by atoms with Crippen LogP contribution in [0.2, 0.25) is 0 Å². The number of ether oxygens (including phenoxy) is 1. The van der Waals surface area contributed by atoms with E-state index in [1.54, 1.807) is 0 Å². The number of nitrogens with zero attached hydrogens (tertiary/aromatic N) is 2. The van der Waals surface area contributed by atoms with Crippen molar-refractivity contribution in [3.63, 3.8) is 0 Å². The highest BCUT2D eigenvalue weighted by Gasteiger charge is 2.36. The third kappa shape index (κ3) is 4.04. The van der Waals surface area contributed by atoms with E-state index in [9.17, 15) is 9.59 Å². The van der Waals surface area contributed by atoms with Crippen molar-refractivity contribution in [3.8, 4) is 0 Å². The summed E-state index contributed by atoms with van der Waals surface area (Å²) >= 11 is 0. The Morgan fingerprint density at radius 2 is 2.09 bits per heavy atom. The Labute approximate surface area is 138 Å². The second-order valence-electron chi connectivity index (χ2n) is 7.12. The maximum absolute atomic E-state index is 12.7. The minimum atomic E-state index is -0.177. The zero-order chi connectivity index (χ0) is 16.2. The quantitative estimate of drug-likeness (QED) is 0.811. The molecule has 2 aliphatic heterocycles. The van der Waals surface area contributed by atoms with Gasteiger partial charge in [0.25, 0.3) is 0 Å². The number of likely N-dealkylation sites (tertiary alicyclic amines) is 1. The van der Waals surface area contributed by atoms with Crippen LogP contribution in [-0.4, -0.2) is 72.6 Å². The fourth-order valence-corrected chi connectivity index (χ4v) is 4.13. The average Bonchev–Trinajstić information content (AvgIpc) is 3.20. The van der Waals surface area contributed by atoms with Gasteiger partial charge in [-0.25, -0.2) is 0 Å². The first-order chi connectivity index (χ1) is 11.1. The van der Waals surface area contributed by atoms with E-state index in [-0.39, 0.29) is 23.9 Å². The van der Waals surface area contributed by atoms with E-state index in [0.29, 0.717) is 25.6 Å². The molecule has 6 heteroatoms. The summed E-state index contributed by atoms with van der Waals surface area (Å²) in [4.78, 5) is 28.6. The summed E-state index contributed by atoms with van der Waals surface area (Å²) in [5.41, 5.74) is 0. The van der Waals surface area contributed by atoms with Gasteiger partial charge in [-0.15, -0.1) is 0 Å². The summed E-state index contributed by atoms with van der Waals surface area (Å²) in [5, 5.41) is 3.10. The normalized spacial score (nSPS) is 28.3. The van der Waals surface area contributed by atoms with Crippen LogP contribution in [0.5, 0.6) is 0 Å². The third-order valence-electron chi connectivity index (χ3n) is 5.32. The zero-order valence-corrected chi connectivity index (χ0v) is 14.1. The lowest BCUT2D eigenvalue weighted by molar-refractivity contribution is -0.136. The van der Waals surface area contributed by atoms with Crippen molar-refractivity contribution in [2.24, 2.45) is 0 Å². The highest BCUT2D eigenvalue weighted by atomic mass is 16.5. The summed E-state index contributed by atoms with van der Waals surface area (Å²) in [6.07, 6.45) is 6.51. The van der Waals surface area contributed by atoms with Crippen molar-refractivity contribution in [1.29, 1.82) is 0 Å². The van der Waals surface area contributed by atoms with E-state index >= 15 is 0 Å². The smallest absolute Gasteiger partial charge is 0.240 e. The molecule has 3 aliphatic rings. The lowest BCUT2D eigenvalue weighted by atomic mass is 10.1. The third-order valence-corrected chi connectivity index (χ3v) is 5.32. The van der Waals surface area contributed by atoms with Crippen LogP contribution in [-0.2, 0) is 14.3 Å². The molecule has 0 aromatic heterocycles. The molecule has 0 aromatic carbocycles. The number of carbonyl (C=O) groups excluding carboxylic acids is 2. The summed E-state index contributed by atoms with van der Waals surface area (Å²) < 4.78 is 5.56. The minimum Gasteiger partial charge on any atom is -0.378 e. The number of carbonyl (C=O) groups is 2. The Bertz CT molecular complexity index is 437. The van der Waals surface area contributed by atoms with Crippen LogP contribution < -0.4 is 5.32 Å². The van der Waals surface area contributed by atoms with Crippen LogP contribution in [0, 0.1) is 0 Å².